The van der Waals surface area contributed by atoms with Gasteiger partial charge in [0.05, 0.1) is 12.0 Å². The highest BCUT2D eigenvalue weighted by atomic mass is 19.1. The van der Waals surface area contributed by atoms with Gasteiger partial charge in [-0.05, 0) is 52.4 Å². The molecule has 0 bridgehead atoms. The molecule has 148 valence electrons. The molecular weight excluding hydrogens is 345 g/mol. The Morgan fingerprint density at radius 3 is 2.52 bits per heavy atom. The molecule has 2 fully saturated rings. The minimum Gasteiger partial charge on any atom is -0.342 e. The van der Waals surface area contributed by atoms with E-state index in [2.05, 4.69) is 11.9 Å². The van der Waals surface area contributed by atoms with Crippen molar-refractivity contribution in [1.82, 2.24) is 14.7 Å². The summed E-state index contributed by atoms with van der Waals surface area (Å²) in [5.74, 6) is -0.722. The van der Waals surface area contributed by atoms with Crippen molar-refractivity contribution in [2.75, 3.05) is 33.7 Å². The van der Waals surface area contributed by atoms with Gasteiger partial charge < -0.3 is 14.7 Å². The smallest absolute Gasteiger partial charge is 0.228 e. The van der Waals surface area contributed by atoms with E-state index in [0.29, 0.717) is 24.9 Å². The Morgan fingerprint density at radius 2 is 1.89 bits per heavy atom. The molecule has 5 nitrogen and oxygen atoms in total. The van der Waals surface area contributed by atoms with E-state index in [1.54, 1.807) is 23.1 Å². The average molecular weight is 375 g/mol. The van der Waals surface area contributed by atoms with Gasteiger partial charge >= 0.3 is 0 Å². The number of carbonyl (C=O) groups is 2. The molecule has 2 aliphatic heterocycles. The third-order valence-corrected chi connectivity index (χ3v) is 6.17. The number of rotatable bonds is 4. The number of amides is 2. The Kier molecular flexibility index (Phi) is 6.15. The minimum atomic E-state index is -0.529. The van der Waals surface area contributed by atoms with Crippen LogP contribution in [0.2, 0.25) is 0 Å². The van der Waals surface area contributed by atoms with E-state index in [-0.39, 0.29) is 23.7 Å². The average Bonchev–Trinajstić information content (AvgIpc) is 2.67. The van der Waals surface area contributed by atoms with Crippen molar-refractivity contribution < 1.29 is 14.0 Å². The molecule has 0 spiro atoms. The highest BCUT2D eigenvalue weighted by Crippen LogP contribution is 2.39. The Morgan fingerprint density at radius 1 is 1.22 bits per heavy atom. The molecule has 1 aromatic carbocycles. The van der Waals surface area contributed by atoms with Crippen LogP contribution < -0.4 is 0 Å². The Bertz CT molecular complexity index is 688. The van der Waals surface area contributed by atoms with Gasteiger partial charge in [-0.1, -0.05) is 18.2 Å². The second-order valence-corrected chi connectivity index (χ2v) is 7.77. The number of hydrogen-bond acceptors (Lipinski definition) is 3. The summed E-state index contributed by atoms with van der Waals surface area (Å²) in [7, 11) is 3.96. The van der Waals surface area contributed by atoms with Gasteiger partial charge in [-0.3, -0.25) is 9.59 Å². The normalized spacial score (nSPS) is 24.9. The number of hydrogen-bond donors (Lipinski definition) is 0. The second kappa shape index (κ2) is 8.38. The maximum Gasteiger partial charge on any atom is 0.228 e. The molecule has 2 saturated heterocycles. The fourth-order valence-corrected chi connectivity index (χ4v) is 4.51. The number of nitrogens with zero attached hydrogens (tertiary/aromatic N) is 3. The predicted octanol–water partition coefficient (Wildman–Crippen LogP) is 2.68. The first-order valence-corrected chi connectivity index (χ1v) is 9.93. The third-order valence-electron chi connectivity index (χ3n) is 6.17. The fraction of sp³-hybridized carbons (Fsp3) is 0.619. The highest BCUT2D eigenvalue weighted by molar-refractivity contribution is 5.85. The molecule has 2 atom stereocenters. The standard InChI is InChI=1S/C21H30FN3O2/c1-4-25-19(26)10-9-17(20(25)16-7-5-6-8-18(16)22)21(27)24(3)15-11-13-23(2)14-12-15/h5-8,15,17,20H,4,9-14H2,1-3H3/t17-,20+/m1/s1. The summed E-state index contributed by atoms with van der Waals surface area (Å²) in [6, 6.07) is 6.21. The zero-order valence-electron chi connectivity index (χ0n) is 16.5. The van der Waals surface area contributed by atoms with E-state index in [1.165, 1.54) is 6.07 Å². The van der Waals surface area contributed by atoms with E-state index in [0.717, 1.165) is 25.9 Å². The molecule has 0 saturated carbocycles. The van der Waals surface area contributed by atoms with Crippen LogP contribution in [-0.2, 0) is 9.59 Å². The number of carbonyl (C=O) groups excluding carboxylic acids is 2. The Hall–Kier alpha value is -1.95. The van der Waals surface area contributed by atoms with Gasteiger partial charge in [-0.2, -0.15) is 0 Å². The van der Waals surface area contributed by atoms with Crippen molar-refractivity contribution >= 4 is 11.8 Å². The van der Waals surface area contributed by atoms with E-state index < -0.39 is 12.0 Å². The summed E-state index contributed by atoms with van der Waals surface area (Å²) in [5, 5.41) is 0. The Labute approximate surface area is 161 Å². The van der Waals surface area contributed by atoms with Gasteiger partial charge in [0.15, 0.2) is 0 Å². The molecule has 6 heteroatoms. The van der Waals surface area contributed by atoms with E-state index in [1.807, 2.05) is 18.9 Å². The molecule has 2 aliphatic rings. The van der Waals surface area contributed by atoms with Crippen molar-refractivity contribution in [2.45, 2.75) is 44.7 Å². The lowest BCUT2D eigenvalue weighted by Gasteiger charge is -2.43. The molecule has 0 radical (unpaired) electrons. The van der Waals surface area contributed by atoms with Crippen molar-refractivity contribution in [3.63, 3.8) is 0 Å². The molecule has 27 heavy (non-hydrogen) atoms. The first-order chi connectivity index (χ1) is 12.9. The predicted molar refractivity (Wildman–Crippen MR) is 103 cm³/mol. The van der Waals surface area contributed by atoms with Crippen LogP contribution in [0.3, 0.4) is 0 Å². The number of benzene rings is 1. The first kappa shape index (κ1) is 19.8. The molecule has 2 heterocycles. The van der Waals surface area contributed by atoms with Crippen LogP contribution in [0.25, 0.3) is 0 Å². The molecule has 0 unspecified atom stereocenters. The van der Waals surface area contributed by atoms with E-state index >= 15 is 0 Å². The van der Waals surface area contributed by atoms with E-state index in [4.69, 9.17) is 0 Å². The lowest BCUT2D eigenvalue weighted by Crippen LogP contribution is -2.52. The van der Waals surface area contributed by atoms with E-state index in [9.17, 15) is 14.0 Å². The fourth-order valence-electron chi connectivity index (χ4n) is 4.51. The monoisotopic (exact) mass is 375 g/mol. The van der Waals surface area contributed by atoms with Gasteiger partial charge in [-0.15, -0.1) is 0 Å². The molecule has 2 amide bonds. The zero-order valence-corrected chi connectivity index (χ0v) is 16.5. The molecule has 0 aliphatic carbocycles. The molecule has 1 aromatic rings. The van der Waals surface area contributed by atoms with Crippen molar-refractivity contribution in [3.05, 3.63) is 35.6 Å². The van der Waals surface area contributed by atoms with Crippen LogP contribution in [0.5, 0.6) is 0 Å². The van der Waals surface area contributed by atoms with Crippen LogP contribution in [-0.4, -0.2) is 66.3 Å². The summed E-state index contributed by atoms with van der Waals surface area (Å²) < 4.78 is 14.6. The van der Waals surface area contributed by atoms with Gasteiger partial charge in [-0.25, -0.2) is 4.39 Å². The lowest BCUT2D eigenvalue weighted by atomic mass is 9.82. The van der Waals surface area contributed by atoms with Crippen molar-refractivity contribution in [3.8, 4) is 0 Å². The van der Waals surface area contributed by atoms with Crippen LogP contribution in [0.4, 0.5) is 4.39 Å². The van der Waals surface area contributed by atoms with Gasteiger partial charge in [0.1, 0.15) is 5.82 Å². The number of halogens is 1. The Balaban J connectivity index is 1.88. The number of likely N-dealkylation sites (tertiary alicyclic amines) is 2. The molecule has 0 N–H and O–H groups in total. The molecular formula is C21H30FN3O2. The summed E-state index contributed by atoms with van der Waals surface area (Å²) in [4.78, 5) is 31.7. The second-order valence-electron chi connectivity index (χ2n) is 7.77. The molecule has 0 aromatic heterocycles. The quantitative estimate of drug-likeness (QED) is 0.813. The maximum absolute atomic E-state index is 14.6. The zero-order chi connectivity index (χ0) is 19.6. The minimum absolute atomic E-state index is 0.00301. The van der Waals surface area contributed by atoms with Crippen LogP contribution >= 0.6 is 0 Å². The van der Waals surface area contributed by atoms with Gasteiger partial charge in [0.2, 0.25) is 11.8 Å². The topological polar surface area (TPSA) is 43.9 Å². The number of piperidine rings is 2. The van der Waals surface area contributed by atoms with Crippen molar-refractivity contribution in [2.24, 2.45) is 5.92 Å². The van der Waals surface area contributed by atoms with Gasteiger partial charge in [0, 0.05) is 31.6 Å². The van der Waals surface area contributed by atoms with Crippen LogP contribution in [0.15, 0.2) is 24.3 Å². The lowest BCUT2D eigenvalue weighted by molar-refractivity contribution is -0.148. The van der Waals surface area contributed by atoms with Crippen molar-refractivity contribution in [1.29, 1.82) is 0 Å². The summed E-state index contributed by atoms with van der Waals surface area (Å²) in [6.07, 6.45) is 2.72. The highest BCUT2D eigenvalue weighted by Gasteiger charge is 2.43. The molecule has 3 rings (SSSR count). The summed E-state index contributed by atoms with van der Waals surface area (Å²) in [6.45, 7) is 4.31. The largest absolute Gasteiger partial charge is 0.342 e. The SMILES string of the molecule is CCN1C(=O)CC[C@@H](C(=O)N(C)C2CCN(C)CC2)[C@@H]1c1ccccc1F. The van der Waals surface area contributed by atoms with Crippen LogP contribution in [0, 0.1) is 11.7 Å². The summed E-state index contributed by atoms with van der Waals surface area (Å²) >= 11 is 0. The van der Waals surface area contributed by atoms with Gasteiger partial charge in [0.25, 0.3) is 0 Å². The third kappa shape index (κ3) is 4.00. The van der Waals surface area contributed by atoms with Crippen LogP contribution in [0.1, 0.15) is 44.2 Å². The maximum atomic E-state index is 14.6. The first-order valence-electron chi connectivity index (χ1n) is 9.93. The summed E-state index contributed by atoms with van der Waals surface area (Å²) in [5.41, 5.74) is 0.447.